The first kappa shape index (κ1) is 8.68. The molecule has 0 unspecified atom stereocenters. The van der Waals surface area contributed by atoms with Crippen molar-refractivity contribution in [1.82, 2.24) is 19.7 Å². The van der Waals surface area contributed by atoms with Crippen LogP contribution < -0.4 is 5.73 Å². The van der Waals surface area contributed by atoms with Gasteiger partial charge < -0.3 is 5.73 Å². The van der Waals surface area contributed by atoms with Gasteiger partial charge in [-0.2, -0.15) is 5.10 Å². The Morgan fingerprint density at radius 1 is 1.36 bits per heavy atom. The molecule has 2 aromatic heterocycles. The van der Waals surface area contributed by atoms with Crippen LogP contribution in [-0.4, -0.2) is 19.7 Å². The molecule has 0 amide bonds. The average Bonchev–Trinajstić information content (AvgIpc) is 2.52. The molecule has 5 nitrogen and oxygen atoms in total. The molecule has 2 aromatic rings. The minimum absolute atomic E-state index is 0.626. The summed E-state index contributed by atoms with van der Waals surface area (Å²) in [5.74, 6) is 0.683. The fourth-order valence-electron chi connectivity index (χ4n) is 1.29. The summed E-state index contributed by atoms with van der Waals surface area (Å²) in [5, 5.41) is 3.97. The number of aromatic nitrogens is 4. The molecule has 0 aliphatic carbocycles. The normalized spacial score (nSPS) is 10.4. The molecular formula is C9H11N5. The number of hydrogen-bond acceptors (Lipinski definition) is 4. The first-order valence-electron chi connectivity index (χ1n) is 4.25. The van der Waals surface area contributed by atoms with Gasteiger partial charge in [-0.15, -0.1) is 0 Å². The first-order valence-corrected chi connectivity index (χ1v) is 4.25. The van der Waals surface area contributed by atoms with Gasteiger partial charge in [0.2, 0.25) is 0 Å². The predicted octanol–water partition coefficient (Wildman–Crippen LogP) is 0.768. The molecule has 2 N–H and O–H groups in total. The minimum Gasteiger partial charge on any atom is -0.397 e. The van der Waals surface area contributed by atoms with Crippen molar-refractivity contribution in [1.29, 1.82) is 0 Å². The van der Waals surface area contributed by atoms with Crippen LogP contribution in [0.4, 0.5) is 5.69 Å². The number of hydrogen-bond donors (Lipinski definition) is 1. The van der Waals surface area contributed by atoms with Crippen molar-refractivity contribution >= 4 is 5.69 Å². The lowest BCUT2D eigenvalue weighted by Crippen LogP contribution is -2.00. The SMILES string of the molecule is Cc1cnc(-c2ncnn2C)c(N)c1. The van der Waals surface area contributed by atoms with E-state index in [1.165, 1.54) is 6.33 Å². The van der Waals surface area contributed by atoms with E-state index in [1.54, 1.807) is 10.9 Å². The van der Waals surface area contributed by atoms with Crippen LogP contribution >= 0.6 is 0 Å². The number of anilines is 1. The van der Waals surface area contributed by atoms with Crippen LogP contribution in [0.15, 0.2) is 18.6 Å². The third-order valence-corrected chi connectivity index (χ3v) is 1.98. The largest absolute Gasteiger partial charge is 0.397 e. The molecule has 0 saturated carbocycles. The molecular weight excluding hydrogens is 178 g/mol. The summed E-state index contributed by atoms with van der Waals surface area (Å²) < 4.78 is 1.65. The van der Waals surface area contributed by atoms with Gasteiger partial charge in [-0.1, -0.05) is 0 Å². The van der Waals surface area contributed by atoms with E-state index in [9.17, 15) is 0 Å². The molecule has 0 atom stereocenters. The summed E-state index contributed by atoms with van der Waals surface area (Å²) >= 11 is 0. The highest BCUT2D eigenvalue weighted by molar-refractivity contribution is 5.67. The van der Waals surface area contributed by atoms with E-state index in [2.05, 4.69) is 15.1 Å². The van der Waals surface area contributed by atoms with Crippen LogP contribution in [0.2, 0.25) is 0 Å². The summed E-state index contributed by atoms with van der Waals surface area (Å²) in [6.07, 6.45) is 3.25. The van der Waals surface area contributed by atoms with Crippen molar-refractivity contribution in [3.05, 3.63) is 24.2 Å². The highest BCUT2D eigenvalue weighted by Gasteiger charge is 2.09. The van der Waals surface area contributed by atoms with Gasteiger partial charge >= 0.3 is 0 Å². The number of rotatable bonds is 1. The Hall–Kier alpha value is -1.91. The lowest BCUT2D eigenvalue weighted by molar-refractivity contribution is 0.772. The second-order valence-corrected chi connectivity index (χ2v) is 3.16. The van der Waals surface area contributed by atoms with E-state index in [-0.39, 0.29) is 0 Å². The third-order valence-electron chi connectivity index (χ3n) is 1.98. The minimum atomic E-state index is 0.626. The van der Waals surface area contributed by atoms with Gasteiger partial charge in [-0.25, -0.2) is 9.67 Å². The van der Waals surface area contributed by atoms with Gasteiger partial charge in [-0.05, 0) is 18.6 Å². The van der Waals surface area contributed by atoms with E-state index < -0.39 is 0 Å². The number of nitrogens with zero attached hydrogens (tertiary/aromatic N) is 4. The van der Waals surface area contributed by atoms with Crippen LogP contribution in [0, 0.1) is 6.92 Å². The topological polar surface area (TPSA) is 69.6 Å². The lowest BCUT2D eigenvalue weighted by Gasteiger charge is -2.03. The average molecular weight is 189 g/mol. The zero-order chi connectivity index (χ0) is 10.1. The van der Waals surface area contributed by atoms with Gasteiger partial charge in [-0.3, -0.25) is 4.98 Å². The lowest BCUT2D eigenvalue weighted by atomic mass is 10.2. The number of pyridine rings is 1. The molecule has 2 rings (SSSR count). The molecule has 14 heavy (non-hydrogen) atoms. The van der Waals surface area contributed by atoms with E-state index in [4.69, 9.17) is 5.73 Å². The highest BCUT2D eigenvalue weighted by Crippen LogP contribution is 2.20. The molecule has 0 aromatic carbocycles. The molecule has 2 heterocycles. The Kier molecular flexibility index (Phi) is 1.92. The van der Waals surface area contributed by atoms with Crippen LogP contribution in [0.5, 0.6) is 0 Å². The van der Waals surface area contributed by atoms with E-state index in [0.29, 0.717) is 17.2 Å². The van der Waals surface area contributed by atoms with E-state index >= 15 is 0 Å². The maximum Gasteiger partial charge on any atom is 0.178 e. The van der Waals surface area contributed by atoms with Crippen molar-refractivity contribution in [2.24, 2.45) is 7.05 Å². The van der Waals surface area contributed by atoms with Crippen LogP contribution in [0.25, 0.3) is 11.5 Å². The monoisotopic (exact) mass is 189 g/mol. The quantitative estimate of drug-likeness (QED) is 0.719. The van der Waals surface area contributed by atoms with Crippen molar-refractivity contribution in [2.75, 3.05) is 5.73 Å². The molecule has 0 spiro atoms. The van der Waals surface area contributed by atoms with Crippen molar-refractivity contribution in [2.45, 2.75) is 6.92 Å². The molecule has 0 aliphatic rings. The van der Waals surface area contributed by atoms with Crippen LogP contribution in [0.1, 0.15) is 5.56 Å². The Morgan fingerprint density at radius 3 is 2.71 bits per heavy atom. The predicted molar refractivity (Wildman–Crippen MR) is 53.4 cm³/mol. The molecule has 72 valence electrons. The second kappa shape index (κ2) is 3.10. The van der Waals surface area contributed by atoms with Crippen molar-refractivity contribution in [3.8, 4) is 11.5 Å². The molecule has 0 saturated heterocycles. The second-order valence-electron chi connectivity index (χ2n) is 3.16. The third kappa shape index (κ3) is 1.32. The summed E-state index contributed by atoms with van der Waals surface area (Å²) in [6.45, 7) is 1.95. The maximum atomic E-state index is 5.84. The molecule has 0 radical (unpaired) electrons. The van der Waals surface area contributed by atoms with Gasteiger partial charge in [0.25, 0.3) is 0 Å². The first-order chi connectivity index (χ1) is 6.68. The molecule has 5 heteroatoms. The standard InChI is InChI=1S/C9H11N5/c1-6-3-7(10)8(11-4-6)9-12-5-13-14(9)2/h3-5H,10H2,1-2H3. The summed E-state index contributed by atoms with van der Waals surface area (Å²) in [7, 11) is 1.81. The Morgan fingerprint density at radius 2 is 2.14 bits per heavy atom. The van der Waals surface area contributed by atoms with Crippen LogP contribution in [-0.2, 0) is 7.05 Å². The smallest absolute Gasteiger partial charge is 0.178 e. The fraction of sp³-hybridized carbons (Fsp3) is 0.222. The molecule has 0 aliphatic heterocycles. The Bertz CT molecular complexity index is 460. The molecule has 0 bridgehead atoms. The summed E-state index contributed by atoms with van der Waals surface area (Å²) in [6, 6.07) is 1.87. The van der Waals surface area contributed by atoms with Gasteiger partial charge in [0.15, 0.2) is 5.82 Å². The Labute approximate surface area is 81.6 Å². The maximum absolute atomic E-state index is 5.84. The van der Waals surface area contributed by atoms with Crippen molar-refractivity contribution in [3.63, 3.8) is 0 Å². The molecule has 0 fully saturated rings. The summed E-state index contributed by atoms with van der Waals surface area (Å²) in [5.41, 5.74) is 8.18. The fourth-order valence-corrected chi connectivity index (χ4v) is 1.29. The van der Waals surface area contributed by atoms with E-state index in [0.717, 1.165) is 5.56 Å². The van der Waals surface area contributed by atoms with Crippen molar-refractivity contribution < 1.29 is 0 Å². The highest BCUT2D eigenvalue weighted by atomic mass is 15.3. The summed E-state index contributed by atoms with van der Waals surface area (Å²) in [4.78, 5) is 8.32. The van der Waals surface area contributed by atoms with Gasteiger partial charge in [0.1, 0.15) is 12.0 Å². The van der Waals surface area contributed by atoms with Gasteiger partial charge in [0, 0.05) is 13.2 Å². The van der Waals surface area contributed by atoms with Gasteiger partial charge in [0.05, 0.1) is 5.69 Å². The number of nitrogens with two attached hydrogens (primary N) is 1. The zero-order valence-corrected chi connectivity index (χ0v) is 8.10. The zero-order valence-electron chi connectivity index (χ0n) is 8.10. The number of nitrogen functional groups attached to an aromatic ring is 1. The Balaban J connectivity index is 2.58. The number of aryl methyl sites for hydroxylation is 2. The van der Waals surface area contributed by atoms with Crippen LogP contribution in [0.3, 0.4) is 0 Å². The van der Waals surface area contributed by atoms with E-state index in [1.807, 2.05) is 20.0 Å².